The van der Waals surface area contributed by atoms with Crippen LogP contribution in [0.1, 0.15) is 26.7 Å². The average molecular weight is 222 g/mol. The maximum absolute atomic E-state index is 4.60. The molecule has 0 aliphatic carbocycles. The molecule has 0 saturated heterocycles. The molecule has 1 unspecified atom stereocenters. The smallest absolute Gasteiger partial charge is 0.0941 e. The minimum Gasteiger partial charge on any atom is -0.289 e. The number of thioether (sulfide) groups is 1. The van der Waals surface area contributed by atoms with E-state index in [1.807, 2.05) is 11.8 Å². The Labute approximate surface area is 96.0 Å². The number of hydrogen-bond acceptors (Lipinski definition) is 3. The summed E-state index contributed by atoms with van der Waals surface area (Å²) in [6.45, 7) is 6.39. The summed E-state index contributed by atoms with van der Waals surface area (Å²) in [7, 11) is 0. The first kappa shape index (κ1) is 10.9. The van der Waals surface area contributed by atoms with Gasteiger partial charge in [-0.3, -0.25) is 9.98 Å². The Balaban J connectivity index is 2.16. The van der Waals surface area contributed by atoms with Crippen LogP contribution >= 0.6 is 11.8 Å². The molecule has 2 nitrogen and oxygen atoms in total. The van der Waals surface area contributed by atoms with Crippen LogP contribution in [0.3, 0.4) is 0 Å². The highest BCUT2D eigenvalue weighted by molar-refractivity contribution is 8.14. The highest BCUT2D eigenvalue weighted by Crippen LogP contribution is 2.27. The Bertz CT molecular complexity index is 329. The van der Waals surface area contributed by atoms with E-state index in [2.05, 4.69) is 29.9 Å². The molecule has 2 heterocycles. The standard InChI is InChI=1S/C12H18N2S/c1-3-4-10-7-11(9(2)8-14-10)12-13-5-6-15-12/h7,9H,3-6,8H2,1-2H3. The molecule has 0 saturated carbocycles. The van der Waals surface area contributed by atoms with Crippen molar-refractivity contribution in [3.63, 3.8) is 0 Å². The molecule has 0 N–H and O–H groups in total. The highest BCUT2D eigenvalue weighted by atomic mass is 32.2. The maximum Gasteiger partial charge on any atom is 0.0941 e. The predicted octanol–water partition coefficient (Wildman–Crippen LogP) is 2.95. The van der Waals surface area contributed by atoms with Crippen molar-refractivity contribution in [1.82, 2.24) is 0 Å². The minimum absolute atomic E-state index is 0.551. The predicted molar refractivity (Wildman–Crippen MR) is 69.2 cm³/mol. The minimum atomic E-state index is 0.551. The first-order valence-corrected chi connectivity index (χ1v) is 6.72. The summed E-state index contributed by atoms with van der Waals surface area (Å²) in [6.07, 6.45) is 4.56. The van der Waals surface area contributed by atoms with Crippen LogP contribution in [-0.4, -0.2) is 29.6 Å². The molecule has 82 valence electrons. The number of nitrogens with zero attached hydrogens (tertiary/aromatic N) is 2. The molecule has 2 aliphatic rings. The van der Waals surface area contributed by atoms with Crippen molar-refractivity contribution < 1.29 is 0 Å². The molecule has 0 aromatic carbocycles. The van der Waals surface area contributed by atoms with Gasteiger partial charge in [0.05, 0.1) is 5.04 Å². The van der Waals surface area contributed by atoms with E-state index in [9.17, 15) is 0 Å². The third-order valence-electron chi connectivity index (χ3n) is 2.76. The average Bonchev–Trinajstić information content (AvgIpc) is 2.74. The third-order valence-corrected chi connectivity index (χ3v) is 3.78. The van der Waals surface area contributed by atoms with E-state index < -0.39 is 0 Å². The zero-order valence-corrected chi connectivity index (χ0v) is 10.3. The molecule has 1 atom stereocenters. The number of rotatable bonds is 3. The molecule has 2 aliphatic heterocycles. The lowest BCUT2D eigenvalue weighted by Gasteiger charge is -2.19. The Morgan fingerprint density at radius 1 is 1.47 bits per heavy atom. The Kier molecular flexibility index (Phi) is 3.62. The molecule has 15 heavy (non-hydrogen) atoms. The molecular weight excluding hydrogens is 204 g/mol. The number of dihydropyridines is 1. The zero-order valence-electron chi connectivity index (χ0n) is 9.49. The van der Waals surface area contributed by atoms with Gasteiger partial charge in [-0.1, -0.05) is 20.3 Å². The fourth-order valence-corrected chi connectivity index (χ4v) is 2.89. The van der Waals surface area contributed by atoms with E-state index in [0.29, 0.717) is 5.92 Å². The van der Waals surface area contributed by atoms with Gasteiger partial charge in [-0.05, 0) is 18.1 Å². The summed E-state index contributed by atoms with van der Waals surface area (Å²) in [5, 5.41) is 1.27. The fraction of sp³-hybridized carbons (Fsp3) is 0.667. The Morgan fingerprint density at radius 2 is 2.33 bits per heavy atom. The number of aliphatic imine (C=N–C) groups is 2. The first-order valence-electron chi connectivity index (χ1n) is 5.73. The number of allylic oxidation sites excluding steroid dienone is 1. The summed E-state index contributed by atoms with van der Waals surface area (Å²) in [5.74, 6) is 1.70. The van der Waals surface area contributed by atoms with Crippen molar-refractivity contribution >= 4 is 22.5 Å². The zero-order chi connectivity index (χ0) is 10.7. The second-order valence-corrected chi connectivity index (χ2v) is 5.20. The monoisotopic (exact) mass is 222 g/mol. The lowest BCUT2D eigenvalue weighted by atomic mass is 9.96. The summed E-state index contributed by atoms with van der Waals surface area (Å²) in [5.41, 5.74) is 2.69. The molecule has 0 aromatic heterocycles. The van der Waals surface area contributed by atoms with Crippen molar-refractivity contribution in [1.29, 1.82) is 0 Å². The van der Waals surface area contributed by atoms with Crippen molar-refractivity contribution in [3.8, 4) is 0 Å². The van der Waals surface area contributed by atoms with Crippen LogP contribution < -0.4 is 0 Å². The van der Waals surface area contributed by atoms with Gasteiger partial charge < -0.3 is 0 Å². The van der Waals surface area contributed by atoms with Gasteiger partial charge in [0, 0.05) is 30.5 Å². The van der Waals surface area contributed by atoms with Crippen LogP contribution in [0.4, 0.5) is 0 Å². The Hall–Kier alpha value is -0.570. The molecule has 0 aromatic rings. The summed E-state index contributed by atoms with van der Waals surface area (Å²) >= 11 is 1.90. The molecule has 0 radical (unpaired) electrons. The van der Waals surface area contributed by atoms with E-state index in [-0.39, 0.29) is 0 Å². The van der Waals surface area contributed by atoms with Crippen LogP contribution in [0.2, 0.25) is 0 Å². The molecule has 2 rings (SSSR count). The lowest BCUT2D eigenvalue weighted by molar-refractivity contribution is 0.709. The van der Waals surface area contributed by atoms with E-state index in [1.54, 1.807) is 0 Å². The van der Waals surface area contributed by atoms with Gasteiger partial charge in [-0.2, -0.15) is 0 Å². The van der Waals surface area contributed by atoms with Crippen LogP contribution in [0.15, 0.2) is 21.6 Å². The molecule has 3 heteroatoms. The lowest BCUT2D eigenvalue weighted by Crippen LogP contribution is -2.17. The van der Waals surface area contributed by atoms with Crippen LogP contribution in [0, 0.1) is 5.92 Å². The van der Waals surface area contributed by atoms with E-state index in [0.717, 1.165) is 25.3 Å². The van der Waals surface area contributed by atoms with E-state index in [1.165, 1.54) is 22.7 Å². The van der Waals surface area contributed by atoms with Crippen molar-refractivity contribution in [3.05, 3.63) is 11.6 Å². The molecule has 0 bridgehead atoms. The molecule has 0 spiro atoms. The summed E-state index contributed by atoms with van der Waals surface area (Å²) in [6, 6.07) is 0. The van der Waals surface area contributed by atoms with E-state index in [4.69, 9.17) is 0 Å². The third kappa shape index (κ3) is 2.51. The van der Waals surface area contributed by atoms with Gasteiger partial charge >= 0.3 is 0 Å². The van der Waals surface area contributed by atoms with Crippen molar-refractivity contribution in [2.45, 2.75) is 26.7 Å². The second kappa shape index (κ2) is 4.97. The highest BCUT2D eigenvalue weighted by Gasteiger charge is 2.21. The normalized spacial score (nSPS) is 26.0. The van der Waals surface area contributed by atoms with Crippen LogP contribution in [-0.2, 0) is 0 Å². The summed E-state index contributed by atoms with van der Waals surface area (Å²) < 4.78 is 0. The summed E-state index contributed by atoms with van der Waals surface area (Å²) in [4.78, 5) is 9.16. The van der Waals surface area contributed by atoms with Gasteiger partial charge in [-0.25, -0.2) is 0 Å². The van der Waals surface area contributed by atoms with Gasteiger partial charge in [0.1, 0.15) is 0 Å². The number of hydrogen-bond donors (Lipinski definition) is 0. The van der Waals surface area contributed by atoms with Gasteiger partial charge in [0.25, 0.3) is 0 Å². The molecular formula is C12H18N2S. The molecule has 0 fully saturated rings. The topological polar surface area (TPSA) is 24.7 Å². The SMILES string of the molecule is CCCC1=NCC(C)C(C2=NCCS2)=C1. The van der Waals surface area contributed by atoms with Crippen molar-refractivity contribution in [2.75, 3.05) is 18.8 Å². The fourth-order valence-electron chi connectivity index (χ4n) is 1.91. The van der Waals surface area contributed by atoms with Gasteiger partial charge in [0.15, 0.2) is 0 Å². The van der Waals surface area contributed by atoms with Crippen LogP contribution in [0.25, 0.3) is 0 Å². The molecule has 0 amide bonds. The largest absolute Gasteiger partial charge is 0.289 e. The maximum atomic E-state index is 4.60. The van der Waals surface area contributed by atoms with Gasteiger partial charge in [0.2, 0.25) is 0 Å². The van der Waals surface area contributed by atoms with E-state index >= 15 is 0 Å². The van der Waals surface area contributed by atoms with Crippen LogP contribution in [0.5, 0.6) is 0 Å². The van der Waals surface area contributed by atoms with Gasteiger partial charge in [-0.15, -0.1) is 11.8 Å². The Morgan fingerprint density at radius 3 is 3.00 bits per heavy atom. The van der Waals surface area contributed by atoms with Crippen molar-refractivity contribution in [2.24, 2.45) is 15.9 Å². The second-order valence-electron chi connectivity index (χ2n) is 4.12. The first-order chi connectivity index (χ1) is 7.31. The quantitative estimate of drug-likeness (QED) is 0.720.